The molecule has 0 spiro atoms. The summed E-state index contributed by atoms with van der Waals surface area (Å²) in [5.41, 5.74) is 3.19. The fourth-order valence-electron chi connectivity index (χ4n) is 5.14. The molecule has 1 saturated heterocycles. The van der Waals surface area contributed by atoms with E-state index >= 15 is 0 Å². The number of aromatic amines is 1. The lowest BCUT2D eigenvalue weighted by Crippen LogP contribution is -2.37. The summed E-state index contributed by atoms with van der Waals surface area (Å²) in [5, 5.41) is 6.44. The number of pyridine rings is 1. The molecule has 2 aromatic rings. The molecule has 3 N–H and O–H groups in total. The lowest BCUT2D eigenvalue weighted by Gasteiger charge is -2.23. The van der Waals surface area contributed by atoms with Crippen LogP contribution in [0.5, 0.6) is 0 Å². The van der Waals surface area contributed by atoms with Gasteiger partial charge in [-0.2, -0.15) is 0 Å². The number of carbonyl (C=O) groups is 1. The van der Waals surface area contributed by atoms with E-state index in [1.807, 2.05) is 18.2 Å². The molecule has 7 heteroatoms. The predicted molar refractivity (Wildman–Crippen MR) is 122 cm³/mol. The molecule has 1 amide bonds. The third kappa shape index (κ3) is 4.76. The normalized spacial score (nSPS) is 22.2. The molecule has 1 atom stereocenters. The summed E-state index contributed by atoms with van der Waals surface area (Å²) >= 11 is 0. The first-order chi connectivity index (χ1) is 15.2. The van der Waals surface area contributed by atoms with E-state index in [-0.39, 0.29) is 11.8 Å². The molecule has 0 bridgehead atoms. The first-order valence-corrected chi connectivity index (χ1v) is 12.0. The topological polar surface area (TPSA) is 85.9 Å². The average molecular weight is 423 g/mol. The summed E-state index contributed by atoms with van der Waals surface area (Å²) in [7, 11) is 0. The van der Waals surface area contributed by atoms with Crippen LogP contribution >= 0.6 is 0 Å². The van der Waals surface area contributed by atoms with Gasteiger partial charge < -0.3 is 15.6 Å². The van der Waals surface area contributed by atoms with Crippen LogP contribution in [-0.4, -0.2) is 58.0 Å². The van der Waals surface area contributed by atoms with Crippen molar-refractivity contribution in [1.82, 2.24) is 25.2 Å². The van der Waals surface area contributed by atoms with Gasteiger partial charge in [0, 0.05) is 37.3 Å². The lowest BCUT2D eigenvalue weighted by atomic mass is 10.1. The number of H-pyrrole nitrogens is 1. The first kappa shape index (κ1) is 20.5. The van der Waals surface area contributed by atoms with Gasteiger partial charge in [0.15, 0.2) is 5.82 Å². The minimum atomic E-state index is 0.143. The molecular formula is C24H34N6O. The maximum absolute atomic E-state index is 12.6. The van der Waals surface area contributed by atoms with Gasteiger partial charge in [0.1, 0.15) is 11.5 Å². The Morgan fingerprint density at radius 2 is 1.97 bits per heavy atom. The van der Waals surface area contributed by atoms with E-state index in [2.05, 4.69) is 27.4 Å². The number of aryl methyl sites for hydroxylation is 1. The molecule has 2 aromatic heterocycles. The molecule has 2 aliphatic carbocycles. The fourth-order valence-corrected chi connectivity index (χ4v) is 5.14. The molecule has 7 nitrogen and oxygen atoms in total. The van der Waals surface area contributed by atoms with Crippen molar-refractivity contribution in [1.29, 1.82) is 0 Å². The SMILES string of the molecule is Cc1[nH]c(-c2cccc(NCCNC(=O)[C@@H]3CCN(C4CCCC4)C3)n2)nc1C1CC1. The number of anilines is 1. The largest absolute Gasteiger partial charge is 0.368 e. The van der Waals surface area contributed by atoms with E-state index < -0.39 is 0 Å². The standard InChI is InChI=1S/C24H34N6O/c1-16-22(17-9-10-17)29-23(27-16)20-7-4-8-21(28-20)25-12-13-26-24(31)18-11-14-30(15-18)19-5-2-3-6-19/h4,7-8,17-19H,2-3,5-6,9-15H2,1H3,(H,25,28)(H,26,31)(H,27,29)/t18-/m1/s1. The van der Waals surface area contributed by atoms with E-state index in [1.54, 1.807) is 0 Å². The Bertz CT molecular complexity index is 915. The van der Waals surface area contributed by atoms with E-state index in [0.717, 1.165) is 48.6 Å². The Hall–Kier alpha value is -2.41. The van der Waals surface area contributed by atoms with Crippen molar-refractivity contribution in [2.24, 2.45) is 5.92 Å². The fraction of sp³-hybridized carbons (Fsp3) is 0.625. The van der Waals surface area contributed by atoms with Gasteiger partial charge in [-0.15, -0.1) is 0 Å². The van der Waals surface area contributed by atoms with Crippen molar-refractivity contribution in [3.05, 3.63) is 29.6 Å². The monoisotopic (exact) mass is 422 g/mol. The van der Waals surface area contributed by atoms with Crippen LogP contribution in [-0.2, 0) is 4.79 Å². The Morgan fingerprint density at radius 3 is 2.77 bits per heavy atom. The second kappa shape index (κ2) is 8.99. The number of rotatable bonds is 8. The zero-order valence-corrected chi connectivity index (χ0v) is 18.5. The maximum atomic E-state index is 12.6. The number of hydrogen-bond donors (Lipinski definition) is 3. The average Bonchev–Trinajstić information content (AvgIpc) is 3.18. The van der Waals surface area contributed by atoms with Crippen molar-refractivity contribution in [3.8, 4) is 11.5 Å². The molecule has 166 valence electrons. The number of hydrogen-bond acceptors (Lipinski definition) is 5. The van der Waals surface area contributed by atoms with Crippen molar-refractivity contribution < 1.29 is 4.79 Å². The number of amides is 1. The van der Waals surface area contributed by atoms with Crippen LogP contribution in [0.15, 0.2) is 18.2 Å². The van der Waals surface area contributed by atoms with Gasteiger partial charge in [0.25, 0.3) is 0 Å². The number of aromatic nitrogens is 3. The highest BCUT2D eigenvalue weighted by molar-refractivity contribution is 5.79. The van der Waals surface area contributed by atoms with Crippen molar-refractivity contribution >= 4 is 11.7 Å². The molecule has 3 aliphatic rings. The van der Waals surface area contributed by atoms with Gasteiger partial charge in [-0.3, -0.25) is 9.69 Å². The highest BCUT2D eigenvalue weighted by atomic mass is 16.1. The minimum Gasteiger partial charge on any atom is -0.368 e. The lowest BCUT2D eigenvalue weighted by molar-refractivity contribution is -0.124. The second-order valence-electron chi connectivity index (χ2n) is 9.41. The summed E-state index contributed by atoms with van der Waals surface area (Å²) in [5.74, 6) is 2.61. The van der Waals surface area contributed by atoms with Crippen LogP contribution < -0.4 is 10.6 Å². The maximum Gasteiger partial charge on any atom is 0.224 e. The van der Waals surface area contributed by atoms with Crippen LogP contribution in [0.25, 0.3) is 11.5 Å². The Kier molecular flexibility index (Phi) is 5.94. The highest BCUT2D eigenvalue weighted by Gasteiger charge is 2.33. The number of likely N-dealkylation sites (tertiary alicyclic amines) is 1. The summed E-state index contributed by atoms with van der Waals surface area (Å²) in [4.78, 5) is 28.0. The summed E-state index contributed by atoms with van der Waals surface area (Å²) in [6, 6.07) is 6.65. The van der Waals surface area contributed by atoms with Gasteiger partial charge in [-0.25, -0.2) is 9.97 Å². The van der Waals surface area contributed by atoms with E-state index in [9.17, 15) is 4.79 Å². The second-order valence-corrected chi connectivity index (χ2v) is 9.41. The number of nitrogens with one attached hydrogen (secondary N) is 3. The van der Waals surface area contributed by atoms with Crippen molar-refractivity contribution in [2.75, 3.05) is 31.5 Å². The smallest absolute Gasteiger partial charge is 0.224 e. The Morgan fingerprint density at radius 1 is 1.13 bits per heavy atom. The third-order valence-electron chi connectivity index (χ3n) is 7.04. The number of carbonyl (C=O) groups excluding carboxylic acids is 1. The zero-order chi connectivity index (χ0) is 21.2. The van der Waals surface area contributed by atoms with Gasteiger partial charge in [0.2, 0.25) is 5.91 Å². The molecule has 31 heavy (non-hydrogen) atoms. The number of nitrogens with zero attached hydrogens (tertiary/aromatic N) is 3. The molecular weight excluding hydrogens is 388 g/mol. The third-order valence-corrected chi connectivity index (χ3v) is 7.04. The molecule has 3 fully saturated rings. The van der Waals surface area contributed by atoms with Crippen LogP contribution in [0.2, 0.25) is 0 Å². The Labute approximate surface area is 184 Å². The van der Waals surface area contributed by atoms with E-state index in [1.165, 1.54) is 44.2 Å². The van der Waals surface area contributed by atoms with Gasteiger partial charge in [0.05, 0.1) is 11.6 Å². The molecule has 0 radical (unpaired) electrons. The summed E-state index contributed by atoms with van der Waals surface area (Å²) < 4.78 is 0. The van der Waals surface area contributed by atoms with Gasteiger partial charge >= 0.3 is 0 Å². The molecule has 1 aliphatic heterocycles. The van der Waals surface area contributed by atoms with Crippen LogP contribution in [0, 0.1) is 12.8 Å². The van der Waals surface area contributed by atoms with Gasteiger partial charge in [-0.1, -0.05) is 18.9 Å². The minimum absolute atomic E-state index is 0.143. The quantitative estimate of drug-likeness (QED) is 0.567. The highest BCUT2D eigenvalue weighted by Crippen LogP contribution is 2.41. The van der Waals surface area contributed by atoms with Crippen LogP contribution in [0.1, 0.15) is 62.3 Å². The summed E-state index contributed by atoms with van der Waals surface area (Å²) in [6.07, 6.45) is 8.79. The van der Waals surface area contributed by atoms with E-state index in [4.69, 9.17) is 9.97 Å². The molecule has 0 unspecified atom stereocenters. The summed E-state index contributed by atoms with van der Waals surface area (Å²) in [6.45, 7) is 5.36. The van der Waals surface area contributed by atoms with Gasteiger partial charge in [-0.05, 0) is 57.7 Å². The predicted octanol–water partition coefficient (Wildman–Crippen LogP) is 3.45. The van der Waals surface area contributed by atoms with Crippen molar-refractivity contribution in [2.45, 2.75) is 63.8 Å². The Balaban J connectivity index is 1.08. The van der Waals surface area contributed by atoms with Crippen LogP contribution in [0.4, 0.5) is 5.82 Å². The zero-order valence-electron chi connectivity index (χ0n) is 18.5. The molecule has 0 aromatic carbocycles. The first-order valence-electron chi connectivity index (χ1n) is 12.0. The molecule has 3 heterocycles. The number of imidazole rings is 1. The van der Waals surface area contributed by atoms with Crippen molar-refractivity contribution in [3.63, 3.8) is 0 Å². The molecule has 5 rings (SSSR count). The molecule has 2 saturated carbocycles. The van der Waals surface area contributed by atoms with Crippen LogP contribution in [0.3, 0.4) is 0 Å². The van der Waals surface area contributed by atoms with E-state index in [0.29, 0.717) is 19.0 Å².